The van der Waals surface area contributed by atoms with Gasteiger partial charge in [0.05, 0.1) is 6.04 Å². The van der Waals surface area contributed by atoms with E-state index >= 15 is 0 Å². The Morgan fingerprint density at radius 3 is 2.78 bits per heavy atom. The maximum Gasteiger partial charge on any atom is 0.407 e. The molecule has 0 aliphatic carbocycles. The molecule has 1 fully saturated rings. The molecule has 4 heteroatoms. The van der Waals surface area contributed by atoms with Gasteiger partial charge in [-0.15, -0.1) is 0 Å². The monoisotopic (exact) mass is 248 g/mol. The molecule has 1 aromatic rings. The first-order valence-electron chi connectivity index (χ1n) is 6.42. The van der Waals surface area contributed by atoms with Crippen LogP contribution in [0.5, 0.6) is 0 Å². The molecule has 1 saturated heterocycles. The molecule has 4 nitrogen and oxygen atoms in total. The van der Waals surface area contributed by atoms with Crippen molar-refractivity contribution in [3.05, 3.63) is 35.9 Å². The van der Waals surface area contributed by atoms with Gasteiger partial charge in [-0.05, 0) is 24.4 Å². The van der Waals surface area contributed by atoms with E-state index in [1.807, 2.05) is 30.3 Å². The van der Waals surface area contributed by atoms with Gasteiger partial charge in [-0.1, -0.05) is 37.3 Å². The van der Waals surface area contributed by atoms with Crippen molar-refractivity contribution in [2.24, 2.45) is 5.92 Å². The van der Waals surface area contributed by atoms with Crippen LogP contribution in [0.25, 0.3) is 0 Å². The van der Waals surface area contributed by atoms with Crippen LogP contribution in [0, 0.1) is 5.92 Å². The fourth-order valence-electron chi connectivity index (χ4n) is 2.50. The second-order valence-corrected chi connectivity index (χ2v) is 4.93. The number of piperidine rings is 1. The molecule has 2 N–H and O–H groups in total. The van der Waals surface area contributed by atoms with Crippen LogP contribution < -0.4 is 5.32 Å². The Labute approximate surface area is 108 Å². The molecule has 1 aliphatic heterocycles. The lowest BCUT2D eigenvalue weighted by Crippen LogP contribution is -2.51. The van der Waals surface area contributed by atoms with Crippen LogP contribution in [-0.4, -0.2) is 35.2 Å². The summed E-state index contributed by atoms with van der Waals surface area (Å²) in [5.74, 6) is 0.408. The standard InChI is InChI=1S/C14H20N2O2/c1-11-7-8-15-9-13(11)16(14(17)18)10-12-5-3-2-4-6-12/h2-6,11,13,15H,7-10H2,1H3,(H,17,18)/t11-,13-/m0/s1. The van der Waals surface area contributed by atoms with Crippen LogP contribution in [0.15, 0.2) is 30.3 Å². The number of carbonyl (C=O) groups is 1. The first-order valence-corrected chi connectivity index (χ1v) is 6.42. The average molecular weight is 248 g/mol. The van der Waals surface area contributed by atoms with E-state index in [2.05, 4.69) is 12.2 Å². The third-order valence-corrected chi connectivity index (χ3v) is 3.63. The summed E-state index contributed by atoms with van der Waals surface area (Å²) >= 11 is 0. The maximum atomic E-state index is 11.4. The van der Waals surface area contributed by atoms with Gasteiger partial charge >= 0.3 is 6.09 Å². The second-order valence-electron chi connectivity index (χ2n) is 4.93. The predicted octanol–water partition coefficient (Wildman–Crippen LogP) is 2.16. The van der Waals surface area contributed by atoms with E-state index in [0.717, 1.165) is 25.1 Å². The molecule has 2 rings (SSSR count). The normalized spacial score (nSPS) is 23.6. The molecule has 1 aliphatic rings. The minimum Gasteiger partial charge on any atom is -0.465 e. The Morgan fingerprint density at radius 2 is 2.17 bits per heavy atom. The van der Waals surface area contributed by atoms with Crippen LogP contribution >= 0.6 is 0 Å². The number of rotatable bonds is 3. The summed E-state index contributed by atoms with van der Waals surface area (Å²) in [4.78, 5) is 13.0. The molecule has 1 aromatic carbocycles. The lowest BCUT2D eigenvalue weighted by atomic mass is 9.93. The highest BCUT2D eigenvalue weighted by molar-refractivity contribution is 5.65. The van der Waals surface area contributed by atoms with Crippen LogP contribution in [0.4, 0.5) is 4.79 Å². The Morgan fingerprint density at radius 1 is 1.44 bits per heavy atom. The number of amides is 1. The van der Waals surface area contributed by atoms with Crippen molar-refractivity contribution in [1.29, 1.82) is 0 Å². The highest BCUT2D eigenvalue weighted by atomic mass is 16.4. The van der Waals surface area contributed by atoms with Crippen molar-refractivity contribution < 1.29 is 9.90 Å². The molecule has 1 heterocycles. The van der Waals surface area contributed by atoms with E-state index in [1.54, 1.807) is 4.90 Å². The van der Waals surface area contributed by atoms with Gasteiger partial charge in [-0.25, -0.2) is 4.79 Å². The zero-order valence-electron chi connectivity index (χ0n) is 10.7. The molecule has 98 valence electrons. The molecule has 0 bridgehead atoms. The Kier molecular flexibility index (Phi) is 4.20. The number of carboxylic acid groups (broad SMARTS) is 1. The minimum atomic E-state index is -0.834. The van der Waals surface area contributed by atoms with Gasteiger partial charge in [0.1, 0.15) is 0 Å². The van der Waals surface area contributed by atoms with Gasteiger partial charge in [-0.3, -0.25) is 4.90 Å². The molecule has 0 unspecified atom stereocenters. The molecular weight excluding hydrogens is 228 g/mol. The lowest BCUT2D eigenvalue weighted by Gasteiger charge is -2.37. The van der Waals surface area contributed by atoms with Gasteiger partial charge in [0.25, 0.3) is 0 Å². The number of nitrogens with one attached hydrogen (secondary N) is 1. The number of hydrogen-bond donors (Lipinski definition) is 2. The van der Waals surface area contributed by atoms with Crippen LogP contribution in [0.3, 0.4) is 0 Å². The minimum absolute atomic E-state index is 0.0662. The highest BCUT2D eigenvalue weighted by Gasteiger charge is 2.30. The summed E-state index contributed by atoms with van der Waals surface area (Å²) in [6.45, 7) is 4.33. The summed E-state index contributed by atoms with van der Waals surface area (Å²) in [7, 11) is 0. The van der Waals surface area contributed by atoms with Crippen molar-refractivity contribution in [3.63, 3.8) is 0 Å². The topological polar surface area (TPSA) is 52.6 Å². The quantitative estimate of drug-likeness (QED) is 0.862. The Balaban J connectivity index is 2.10. The van der Waals surface area contributed by atoms with Crippen LogP contribution in [0.1, 0.15) is 18.9 Å². The van der Waals surface area contributed by atoms with Gasteiger partial charge in [-0.2, -0.15) is 0 Å². The smallest absolute Gasteiger partial charge is 0.407 e. The summed E-state index contributed by atoms with van der Waals surface area (Å²) in [6, 6.07) is 9.83. The van der Waals surface area contributed by atoms with E-state index < -0.39 is 6.09 Å². The summed E-state index contributed by atoms with van der Waals surface area (Å²) in [5.41, 5.74) is 1.04. The first kappa shape index (κ1) is 12.9. The van der Waals surface area contributed by atoms with Gasteiger partial charge in [0, 0.05) is 13.1 Å². The largest absolute Gasteiger partial charge is 0.465 e. The SMILES string of the molecule is C[C@H]1CCNC[C@@H]1N(Cc1ccccc1)C(=O)O. The average Bonchev–Trinajstić information content (AvgIpc) is 2.38. The maximum absolute atomic E-state index is 11.4. The zero-order valence-corrected chi connectivity index (χ0v) is 10.7. The molecule has 0 aromatic heterocycles. The van der Waals surface area contributed by atoms with E-state index in [1.165, 1.54) is 0 Å². The first-order chi connectivity index (χ1) is 8.68. The van der Waals surface area contributed by atoms with Crippen molar-refractivity contribution in [1.82, 2.24) is 10.2 Å². The molecule has 1 amide bonds. The summed E-state index contributed by atoms with van der Waals surface area (Å²) in [5, 5.41) is 12.7. The zero-order chi connectivity index (χ0) is 13.0. The third kappa shape index (κ3) is 3.01. The van der Waals surface area contributed by atoms with Crippen LogP contribution in [0.2, 0.25) is 0 Å². The molecule has 0 saturated carbocycles. The Bertz CT molecular complexity index is 394. The summed E-state index contributed by atoms with van der Waals surface area (Å²) in [6.07, 6.45) is 0.197. The van der Waals surface area contributed by atoms with Gasteiger partial charge < -0.3 is 10.4 Å². The molecule has 18 heavy (non-hydrogen) atoms. The molecule has 0 radical (unpaired) electrons. The fraction of sp³-hybridized carbons (Fsp3) is 0.500. The van der Waals surface area contributed by atoms with E-state index in [9.17, 15) is 9.90 Å². The second kappa shape index (κ2) is 5.87. The summed E-state index contributed by atoms with van der Waals surface area (Å²) < 4.78 is 0. The van der Waals surface area contributed by atoms with Crippen molar-refractivity contribution in [2.75, 3.05) is 13.1 Å². The lowest BCUT2D eigenvalue weighted by molar-refractivity contribution is 0.0913. The third-order valence-electron chi connectivity index (χ3n) is 3.63. The molecule has 2 atom stereocenters. The van der Waals surface area contributed by atoms with Crippen molar-refractivity contribution in [2.45, 2.75) is 25.9 Å². The molecule has 0 spiro atoms. The number of nitrogens with zero attached hydrogens (tertiary/aromatic N) is 1. The van der Waals surface area contributed by atoms with Crippen molar-refractivity contribution in [3.8, 4) is 0 Å². The number of hydrogen-bond acceptors (Lipinski definition) is 2. The molecular formula is C14H20N2O2. The van der Waals surface area contributed by atoms with E-state index in [4.69, 9.17) is 0 Å². The van der Waals surface area contributed by atoms with E-state index in [0.29, 0.717) is 12.5 Å². The van der Waals surface area contributed by atoms with Crippen molar-refractivity contribution >= 4 is 6.09 Å². The van der Waals surface area contributed by atoms with Gasteiger partial charge in [0.2, 0.25) is 0 Å². The van der Waals surface area contributed by atoms with E-state index in [-0.39, 0.29) is 6.04 Å². The van der Waals surface area contributed by atoms with Gasteiger partial charge in [0.15, 0.2) is 0 Å². The Hall–Kier alpha value is -1.55. The highest BCUT2D eigenvalue weighted by Crippen LogP contribution is 2.20. The predicted molar refractivity (Wildman–Crippen MR) is 70.4 cm³/mol. The fourth-order valence-corrected chi connectivity index (χ4v) is 2.50. The number of benzene rings is 1. The van der Waals surface area contributed by atoms with Crippen LogP contribution in [-0.2, 0) is 6.54 Å².